The monoisotopic (exact) mass is 270 g/mol. The van der Waals surface area contributed by atoms with Crippen molar-refractivity contribution < 1.29 is 4.74 Å². The van der Waals surface area contributed by atoms with Crippen molar-refractivity contribution in [2.75, 3.05) is 49.5 Å². The maximum absolute atomic E-state index is 5.44. The van der Waals surface area contributed by atoms with Gasteiger partial charge in [-0.3, -0.25) is 0 Å². The summed E-state index contributed by atoms with van der Waals surface area (Å²) in [4.78, 5) is 10.6. The molecule has 0 saturated heterocycles. The number of rotatable bonds is 8. The van der Waals surface area contributed by atoms with Gasteiger partial charge >= 0.3 is 0 Å². The summed E-state index contributed by atoms with van der Waals surface area (Å²) >= 11 is 1.81. The molecule has 0 bridgehead atoms. The van der Waals surface area contributed by atoms with E-state index in [1.807, 2.05) is 18.8 Å². The molecule has 102 valence electrons. The van der Waals surface area contributed by atoms with Gasteiger partial charge in [-0.25, -0.2) is 9.97 Å². The number of aromatic nitrogens is 2. The normalized spacial score (nSPS) is 10.2. The van der Waals surface area contributed by atoms with E-state index >= 15 is 0 Å². The molecule has 0 unspecified atom stereocenters. The van der Waals surface area contributed by atoms with Crippen LogP contribution in [0.1, 0.15) is 13.3 Å². The highest BCUT2D eigenvalue weighted by molar-refractivity contribution is 7.98. The smallest absolute Gasteiger partial charge is 0.204 e. The van der Waals surface area contributed by atoms with Crippen LogP contribution >= 0.6 is 11.8 Å². The molecule has 1 heterocycles. The molecule has 0 aromatic carbocycles. The first-order chi connectivity index (χ1) is 8.74. The van der Waals surface area contributed by atoms with Crippen LogP contribution in [-0.2, 0) is 0 Å². The molecule has 0 spiro atoms. The van der Waals surface area contributed by atoms with Gasteiger partial charge < -0.3 is 15.0 Å². The van der Waals surface area contributed by atoms with E-state index in [-0.39, 0.29) is 0 Å². The van der Waals surface area contributed by atoms with Gasteiger partial charge in [0.25, 0.3) is 0 Å². The van der Waals surface area contributed by atoms with E-state index in [0.717, 1.165) is 42.6 Å². The second-order valence-electron chi connectivity index (χ2n) is 3.92. The SMILES string of the molecule is CCCNc1ncnc(N(C)CCSC)c1OC. The van der Waals surface area contributed by atoms with Crippen molar-refractivity contribution in [2.24, 2.45) is 0 Å². The number of nitrogens with zero attached hydrogens (tertiary/aromatic N) is 3. The van der Waals surface area contributed by atoms with Gasteiger partial charge in [0, 0.05) is 25.9 Å². The van der Waals surface area contributed by atoms with Crippen LogP contribution in [0.3, 0.4) is 0 Å². The van der Waals surface area contributed by atoms with Gasteiger partial charge in [-0.2, -0.15) is 11.8 Å². The predicted octanol–water partition coefficient (Wildman–Crippen LogP) is 2.11. The van der Waals surface area contributed by atoms with E-state index in [1.54, 1.807) is 13.4 Å². The Labute approximate surface area is 113 Å². The maximum Gasteiger partial charge on any atom is 0.204 e. The summed E-state index contributed by atoms with van der Waals surface area (Å²) in [6, 6.07) is 0. The first-order valence-corrected chi connectivity index (χ1v) is 7.46. The van der Waals surface area contributed by atoms with Gasteiger partial charge in [0.2, 0.25) is 5.75 Å². The fourth-order valence-corrected chi connectivity index (χ4v) is 1.98. The van der Waals surface area contributed by atoms with Crippen LogP contribution in [0.4, 0.5) is 11.6 Å². The van der Waals surface area contributed by atoms with E-state index in [0.29, 0.717) is 0 Å². The highest BCUT2D eigenvalue weighted by Crippen LogP contribution is 2.31. The van der Waals surface area contributed by atoms with Gasteiger partial charge in [0.1, 0.15) is 6.33 Å². The number of hydrogen-bond acceptors (Lipinski definition) is 6. The van der Waals surface area contributed by atoms with Gasteiger partial charge in [-0.15, -0.1) is 0 Å². The zero-order valence-electron chi connectivity index (χ0n) is 11.6. The summed E-state index contributed by atoms with van der Waals surface area (Å²) in [5.41, 5.74) is 0. The van der Waals surface area contributed by atoms with Crippen LogP contribution in [0.5, 0.6) is 5.75 Å². The molecule has 0 saturated carbocycles. The lowest BCUT2D eigenvalue weighted by atomic mass is 10.4. The minimum atomic E-state index is 0.717. The van der Waals surface area contributed by atoms with Crippen LogP contribution in [0.25, 0.3) is 0 Å². The molecule has 1 aromatic heterocycles. The number of anilines is 2. The third-order valence-corrected chi connectivity index (χ3v) is 3.11. The van der Waals surface area contributed by atoms with Crippen molar-refractivity contribution in [2.45, 2.75) is 13.3 Å². The summed E-state index contributed by atoms with van der Waals surface area (Å²) in [5.74, 6) is 3.37. The average molecular weight is 270 g/mol. The first-order valence-electron chi connectivity index (χ1n) is 6.07. The van der Waals surface area contributed by atoms with E-state index in [9.17, 15) is 0 Å². The molecule has 18 heavy (non-hydrogen) atoms. The highest BCUT2D eigenvalue weighted by atomic mass is 32.2. The number of thioether (sulfide) groups is 1. The number of hydrogen-bond donors (Lipinski definition) is 1. The Morgan fingerprint density at radius 2 is 2.22 bits per heavy atom. The van der Waals surface area contributed by atoms with Crippen LogP contribution in [0.2, 0.25) is 0 Å². The molecule has 1 rings (SSSR count). The fourth-order valence-electron chi connectivity index (χ4n) is 1.53. The lowest BCUT2D eigenvalue weighted by molar-refractivity contribution is 0.413. The Morgan fingerprint density at radius 3 is 2.83 bits per heavy atom. The van der Waals surface area contributed by atoms with Gasteiger partial charge in [0.15, 0.2) is 11.6 Å². The second-order valence-corrected chi connectivity index (χ2v) is 4.91. The summed E-state index contributed by atoms with van der Waals surface area (Å²) in [7, 11) is 3.67. The lowest BCUT2D eigenvalue weighted by Gasteiger charge is -2.21. The van der Waals surface area contributed by atoms with Crippen molar-refractivity contribution in [1.29, 1.82) is 0 Å². The number of nitrogens with one attached hydrogen (secondary N) is 1. The van der Waals surface area contributed by atoms with Crippen LogP contribution in [0.15, 0.2) is 6.33 Å². The minimum Gasteiger partial charge on any atom is -0.490 e. The Bertz CT molecular complexity index is 362. The summed E-state index contributed by atoms with van der Waals surface area (Å²) in [6.45, 7) is 3.93. The summed E-state index contributed by atoms with van der Waals surface area (Å²) in [6.07, 6.45) is 4.72. The molecule has 5 nitrogen and oxygen atoms in total. The Hall–Kier alpha value is -1.17. The van der Waals surface area contributed by atoms with Crippen LogP contribution < -0.4 is 15.0 Å². The molecule has 0 aliphatic carbocycles. The van der Waals surface area contributed by atoms with Crippen molar-refractivity contribution >= 4 is 23.4 Å². The molecule has 1 N–H and O–H groups in total. The quantitative estimate of drug-likeness (QED) is 0.781. The van der Waals surface area contributed by atoms with Gasteiger partial charge in [-0.1, -0.05) is 6.92 Å². The van der Waals surface area contributed by atoms with E-state index < -0.39 is 0 Å². The molecule has 0 radical (unpaired) electrons. The second kappa shape index (κ2) is 8.02. The standard InChI is InChI=1S/C12H22N4OS/c1-5-6-13-11-10(17-3)12(15-9-14-11)16(2)7-8-18-4/h9H,5-8H2,1-4H3,(H,13,14,15). The van der Waals surface area contributed by atoms with E-state index in [1.165, 1.54) is 0 Å². The van der Waals surface area contributed by atoms with Crippen molar-refractivity contribution in [1.82, 2.24) is 9.97 Å². The average Bonchev–Trinajstić information content (AvgIpc) is 2.41. The lowest BCUT2D eigenvalue weighted by Crippen LogP contribution is -2.22. The maximum atomic E-state index is 5.44. The summed E-state index contributed by atoms with van der Waals surface area (Å²) < 4.78 is 5.44. The third-order valence-electron chi connectivity index (χ3n) is 2.52. The zero-order chi connectivity index (χ0) is 13.4. The minimum absolute atomic E-state index is 0.717. The third kappa shape index (κ3) is 3.94. The van der Waals surface area contributed by atoms with Crippen molar-refractivity contribution in [3.63, 3.8) is 0 Å². The van der Waals surface area contributed by atoms with Crippen molar-refractivity contribution in [3.05, 3.63) is 6.33 Å². The molecule has 1 aromatic rings. The Balaban J connectivity index is 2.89. The molecule has 0 atom stereocenters. The molecule has 0 aliphatic rings. The molecule has 0 amide bonds. The first kappa shape index (κ1) is 14.9. The van der Waals surface area contributed by atoms with E-state index in [4.69, 9.17) is 4.74 Å². The summed E-state index contributed by atoms with van der Waals surface area (Å²) in [5, 5.41) is 3.26. The molecule has 0 fully saturated rings. The Morgan fingerprint density at radius 1 is 1.44 bits per heavy atom. The topological polar surface area (TPSA) is 50.3 Å². The zero-order valence-corrected chi connectivity index (χ0v) is 12.4. The Kier molecular flexibility index (Phi) is 6.64. The largest absolute Gasteiger partial charge is 0.490 e. The van der Waals surface area contributed by atoms with Crippen molar-refractivity contribution in [3.8, 4) is 5.75 Å². The van der Waals surface area contributed by atoms with Crippen LogP contribution in [-0.4, -0.2) is 49.2 Å². The molecule has 0 aliphatic heterocycles. The molecular weight excluding hydrogens is 248 g/mol. The molecular formula is C12H22N4OS. The van der Waals surface area contributed by atoms with Gasteiger partial charge in [0.05, 0.1) is 7.11 Å². The predicted molar refractivity (Wildman–Crippen MR) is 79.0 cm³/mol. The fraction of sp³-hybridized carbons (Fsp3) is 0.667. The van der Waals surface area contributed by atoms with E-state index in [2.05, 4.69) is 33.4 Å². The highest BCUT2D eigenvalue weighted by Gasteiger charge is 2.14. The van der Waals surface area contributed by atoms with Crippen LogP contribution in [0, 0.1) is 0 Å². The van der Waals surface area contributed by atoms with Gasteiger partial charge in [-0.05, 0) is 12.7 Å². The number of methoxy groups -OCH3 is 1. The molecule has 6 heteroatoms. The number of ether oxygens (including phenoxy) is 1.